The summed E-state index contributed by atoms with van der Waals surface area (Å²) in [7, 11) is 0. The molecule has 4 rings (SSSR count). The zero-order chi connectivity index (χ0) is 16.5. The number of halogens is 1. The van der Waals surface area contributed by atoms with Gasteiger partial charge in [0.1, 0.15) is 5.82 Å². The van der Waals surface area contributed by atoms with Crippen LogP contribution in [0.1, 0.15) is 31.2 Å². The Bertz CT molecular complexity index is 564. The molecule has 0 aromatic carbocycles. The van der Waals surface area contributed by atoms with Crippen LogP contribution in [0.4, 0.5) is 5.82 Å². The Hall–Kier alpha value is -0.910. The lowest BCUT2D eigenvalue weighted by Gasteiger charge is -2.27. The van der Waals surface area contributed by atoms with Crippen molar-refractivity contribution >= 4 is 17.4 Å². The van der Waals surface area contributed by atoms with Crippen molar-refractivity contribution < 1.29 is 4.74 Å². The molecule has 2 saturated heterocycles. The third kappa shape index (κ3) is 3.68. The third-order valence-corrected chi connectivity index (χ3v) is 6.33. The molecule has 0 bridgehead atoms. The molecule has 132 valence electrons. The van der Waals surface area contributed by atoms with E-state index in [-0.39, 0.29) is 0 Å². The van der Waals surface area contributed by atoms with E-state index in [1.165, 1.54) is 45.3 Å². The summed E-state index contributed by atoms with van der Waals surface area (Å²) in [6, 6.07) is 2.53. The van der Waals surface area contributed by atoms with Gasteiger partial charge in [-0.15, -0.1) is 10.2 Å². The van der Waals surface area contributed by atoms with Gasteiger partial charge in [-0.25, -0.2) is 0 Å². The summed E-state index contributed by atoms with van der Waals surface area (Å²) < 4.78 is 5.48. The maximum Gasteiger partial charge on any atom is 0.154 e. The number of hydrogen-bond donors (Lipinski definition) is 1. The summed E-state index contributed by atoms with van der Waals surface area (Å²) in [6.07, 6.45) is 4.98. The van der Waals surface area contributed by atoms with Crippen molar-refractivity contribution in [1.29, 1.82) is 0 Å². The summed E-state index contributed by atoms with van der Waals surface area (Å²) in [5.41, 5.74) is 0.981. The largest absolute Gasteiger partial charge is 0.381 e. The van der Waals surface area contributed by atoms with Gasteiger partial charge in [-0.05, 0) is 62.0 Å². The number of likely N-dealkylation sites (tertiary alicyclic amines) is 1. The van der Waals surface area contributed by atoms with E-state index in [4.69, 9.17) is 16.3 Å². The summed E-state index contributed by atoms with van der Waals surface area (Å²) in [6.45, 7) is 7.70. The SMILES string of the molecule is Cc1cc(NC2C[C@@H]3CN(CC4CCOCC4)C[C@H]3C2)nnc1Cl. The quantitative estimate of drug-likeness (QED) is 0.904. The topological polar surface area (TPSA) is 50.3 Å². The van der Waals surface area contributed by atoms with E-state index in [9.17, 15) is 0 Å². The Morgan fingerprint density at radius 2 is 1.92 bits per heavy atom. The van der Waals surface area contributed by atoms with E-state index in [1.54, 1.807) is 0 Å². The van der Waals surface area contributed by atoms with Crippen LogP contribution in [0.15, 0.2) is 6.07 Å². The van der Waals surface area contributed by atoms with Crippen molar-refractivity contribution in [2.75, 3.05) is 38.2 Å². The van der Waals surface area contributed by atoms with Crippen molar-refractivity contribution in [3.8, 4) is 0 Å². The Kier molecular flexibility index (Phi) is 4.93. The van der Waals surface area contributed by atoms with Crippen molar-refractivity contribution in [2.24, 2.45) is 17.8 Å². The van der Waals surface area contributed by atoms with Crippen LogP contribution in [0.3, 0.4) is 0 Å². The summed E-state index contributed by atoms with van der Waals surface area (Å²) >= 11 is 5.96. The Labute approximate surface area is 149 Å². The molecule has 2 aliphatic heterocycles. The minimum Gasteiger partial charge on any atom is -0.381 e. The number of ether oxygens (including phenoxy) is 1. The Morgan fingerprint density at radius 1 is 1.21 bits per heavy atom. The molecule has 1 aromatic heterocycles. The predicted molar refractivity (Wildman–Crippen MR) is 95.4 cm³/mol. The first kappa shape index (κ1) is 16.6. The number of hydrogen-bond acceptors (Lipinski definition) is 5. The lowest BCUT2D eigenvalue weighted by atomic mass is 10.00. The average molecular weight is 351 g/mol. The minimum absolute atomic E-state index is 0.493. The normalized spacial score (nSPS) is 29.1. The van der Waals surface area contributed by atoms with Crippen LogP contribution in [-0.4, -0.2) is 54.0 Å². The maximum absolute atomic E-state index is 5.96. The second-order valence-corrected chi connectivity index (χ2v) is 8.17. The fourth-order valence-electron chi connectivity index (χ4n) is 4.71. The molecule has 1 N–H and O–H groups in total. The second-order valence-electron chi connectivity index (χ2n) is 7.81. The number of fused-ring (bicyclic) bond motifs is 1. The lowest BCUT2D eigenvalue weighted by molar-refractivity contribution is 0.0545. The number of rotatable bonds is 4. The van der Waals surface area contributed by atoms with Crippen molar-refractivity contribution in [1.82, 2.24) is 15.1 Å². The number of nitrogens with zero attached hydrogens (tertiary/aromatic N) is 3. The number of aryl methyl sites for hydroxylation is 1. The van der Waals surface area contributed by atoms with Gasteiger partial charge in [-0.3, -0.25) is 0 Å². The molecule has 6 heteroatoms. The molecule has 1 aromatic rings. The zero-order valence-corrected chi connectivity index (χ0v) is 15.1. The minimum atomic E-state index is 0.493. The van der Waals surface area contributed by atoms with Gasteiger partial charge >= 0.3 is 0 Å². The smallest absolute Gasteiger partial charge is 0.154 e. The molecule has 3 fully saturated rings. The van der Waals surface area contributed by atoms with Crippen LogP contribution >= 0.6 is 11.6 Å². The molecule has 3 aliphatic rings. The van der Waals surface area contributed by atoms with Gasteiger partial charge in [-0.1, -0.05) is 11.6 Å². The molecule has 0 amide bonds. The van der Waals surface area contributed by atoms with Gasteiger partial charge in [0.2, 0.25) is 0 Å². The number of nitrogens with one attached hydrogen (secondary N) is 1. The van der Waals surface area contributed by atoms with Crippen molar-refractivity contribution in [3.05, 3.63) is 16.8 Å². The van der Waals surface area contributed by atoms with Crippen molar-refractivity contribution in [3.63, 3.8) is 0 Å². The van der Waals surface area contributed by atoms with E-state index in [2.05, 4.69) is 20.4 Å². The van der Waals surface area contributed by atoms with Crippen LogP contribution in [-0.2, 0) is 4.74 Å². The van der Waals surface area contributed by atoms with E-state index in [1.807, 2.05) is 13.0 Å². The predicted octanol–water partition coefficient (Wildman–Crippen LogP) is 2.99. The number of aromatic nitrogens is 2. The fourth-order valence-corrected chi connectivity index (χ4v) is 4.80. The highest BCUT2D eigenvalue weighted by Gasteiger charge is 2.41. The Balaban J connectivity index is 1.27. The van der Waals surface area contributed by atoms with Gasteiger partial charge in [0.15, 0.2) is 5.15 Å². The molecule has 3 heterocycles. The van der Waals surface area contributed by atoms with E-state index in [0.29, 0.717) is 11.2 Å². The first-order valence-corrected chi connectivity index (χ1v) is 9.61. The van der Waals surface area contributed by atoms with Crippen LogP contribution in [0.5, 0.6) is 0 Å². The molecule has 5 nitrogen and oxygen atoms in total. The van der Waals surface area contributed by atoms with Crippen molar-refractivity contribution in [2.45, 2.75) is 38.6 Å². The third-order valence-electron chi connectivity index (χ3n) is 5.96. The van der Waals surface area contributed by atoms with E-state index < -0.39 is 0 Å². The van der Waals surface area contributed by atoms with Crippen LogP contribution < -0.4 is 5.32 Å². The molecular formula is C18H27ClN4O. The van der Waals surface area contributed by atoms with E-state index >= 15 is 0 Å². The highest BCUT2D eigenvalue weighted by Crippen LogP contribution is 2.39. The molecule has 0 radical (unpaired) electrons. The molecule has 2 atom stereocenters. The number of anilines is 1. The van der Waals surface area contributed by atoms with Gasteiger partial charge < -0.3 is 15.0 Å². The highest BCUT2D eigenvalue weighted by atomic mass is 35.5. The van der Waals surface area contributed by atoms with Gasteiger partial charge in [0.25, 0.3) is 0 Å². The van der Waals surface area contributed by atoms with Gasteiger partial charge in [0.05, 0.1) is 0 Å². The zero-order valence-electron chi connectivity index (χ0n) is 14.4. The molecule has 1 saturated carbocycles. The van der Waals surface area contributed by atoms with Gasteiger partial charge in [0, 0.05) is 38.9 Å². The molecule has 1 aliphatic carbocycles. The summed E-state index contributed by atoms with van der Waals surface area (Å²) in [4.78, 5) is 2.70. The average Bonchev–Trinajstić information content (AvgIpc) is 3.10. The van der Waals surface area contributed by atoms with Crippen LogP contribution in [0.25, 0.3) is 0 Å². The lowest BCUT2D eigenvalue weighted by Crippen LogP contribution is -2.32. The second kappa shape index (κ2) is 7.14. The first-order valence-electron chi connectivity index (χ1n) is 9.24. The molecule has 24 heavy (non-hydrogen) atoms. The highest BCUT2D eigenvalue weighted by molar-refractivity contribution is 6.30. The fraction of sp³-hybridized carbons (Fsp3) is 0.778. The standard InChI is InChI=1S/C18H27ClN4O/c1-12-6-17(21-22-18(12)19)20-16-7-14-10-23(11-15(14)8-16)9-13-2-4-24-5-3-13/h6,13-16H,2-5,7-11H2,1H3,(H,20,21)/t14-,15-/m1/s1. The molecule has 0 unspecified atom stereocenters. The first-order chi connectivity index (χ1) is 11.7. The monoisotopic (exact) mass is 350 g/mol. The Morgan fingerprint density at radius 3 is 2.58 bits per heavy atom. The molecular weight excluding hydrogens is 324 g/mol. The maximum atomic E-state index is 5.96. The van der Waals surface area contributed by atoms with Crippen LogP contribution in [0, 0.1) is 24.7 Å². The van der Waals surface area contributed by atoms with E-state index in [0.717, 1.165) is 42.3 Å². The summed E-state index contributed by atoms with van der Waals surface area (Å²) in [5.74, 6) is 3.38. The molecule has 0 spiro atoms. The summed E-state index contributed by atoms with van der Waals surface area (Å²) in [5, 5.41) is 12.2. The van der Waals surface area contributed by atoms with Gasteiger partial charge in [-0.2, -0.15) is 0 Å². The van der Waals surface area contributed by atoms with Crippen LogP contribution in [0.2, 0.25) is 5.15 Å².